The summed E-state index contributed by atoms with van der Waals surface area (Å²) in [5.74, 6) is -0.171. The molecule has 0 bridgehead atoms. The van der Waals surface area contributed by atoms with Gasteiger partial charge < -0.3 is 11.1 Å². The molecule has 0 saturated heterocycles. The van der Waals surface area contributed by atoms with Gasteiger partial charge in [0.2, 0.25) is 0 Å². The van der Waals surface area contributed by atoms with Gasteiger partial charge in [0, 0.05) is 28.6 Å². The number of benzene rings is 1. The maximum Gasteiger partial charge on any atom is 0.270 e. The number of carbonyl (C=O) groups excluding carboxylic acids is 1. The molecule has 2 rings (SSSR count). The number of rotatable bonds is 5. The Morgan fingerprint density at radius 1 is 1.55 bits per heavy atom. The van der Waals surface area contributed by atoms with Crippen molar-refractivity contribution in [1.29, 1.82) is 0 Å². The first-order valence-electron chi connectivity index (χ1n) is 6.31. The van der Waals surface area contributed by atoms with Gasteiger partial charge in [0.1, 0.15) is 10.7 Å². The summed E-state index contributed by atoms with van der Waals surface area (Å²) >= 11 is 7.37. The first-order valence-corrected chi connectivity index (χ1v) is 7.57. The van der Waals surface area contributed by atoms with Crippen molar-refractivity contribution < 1.29 is 4.79 Å². The van der Waals surface area contributed by atoms with Crippen molar-refractivity contribution in [3.8, 4) is 10.6 Å². The van der Waals surface area contributed by atoms with Crippen molar-refractivity contribution in [2.45, 2.75) is 19.4 Å². The molecule has 1 heterocycles. The van der Waals surface area contributed by atoms with Gasteiger partial charge in [-0.05, 0) is 25.5 Å². The summed E-state index contributed by atoms with van der Waals surface area (Å²) in [5.41, 5.74) is 6.97. The molecule has 4 nitrogen and oxygen atoms in total. The van der Waals surface area contributed by atoms with Crippen molar-refractivity contribution >= 4 is 28.8 Å². The molecule has 0 radical (unpaired) electrons. The lowest BCUT2D eigenvalue weighted by Crippen LogP contribution is -2.29. The van der Waals surface area contributed by atoms with Gasteiger partial charge in [-0.25, -0.2) is 4.98 Å². The fourth-order valence-corrected chi connectivity index (χ4v) is 2.62. The van der Waals surface area contributed by atoms with Crippen LogP contribution >= 0.6 is 22.9 Å². The summed E-state index contributed by atoms with van der Waals surface area (Å²) in [6.07, 6.45) is 0.747. The van der Waals surface area contributed by atoms with Crippen molar-refractivity contribution in [2.24, 2.45) is 5.73 Å². The SMILES string of the molecule is CC(N)CCNC(=O)c1csc(-c2cccc(Cl)c2)n1. The minimum Gasteiger partial charge on any atom is -0.351 e. The van der Waals surface area contributed by atoms with Crippen LogP contribution in [-0.2, 0) is 0 Å². The molecule has 106 valence electrons. The number of nitrogens with one attached hydrogen (secondary N) is 1. The summed E-state index contributed by atoms with van der Waals surface area (Å²) < 4.78 is 0. The Morgan fingerprint density at radius 2 is 2.35 bits per heavy atom. The number of hydrogen-bond donors (Lipinski definition) is 2. The molecular formula is C14H16ClN3OS. The maximum atomic E-state index is 11.9. The molecule has 0 spiro atoms. The van der Waals surface area contributed by atoms with Gasteiger partial charge >= 0.3 is 0 Å². The van der Waals surface area contributed by atoms with E-state index in [1.54, 1.807) is 11.4 Å². The first kappa shape index (κ1) is 15.0. The zero-order valence-corrected chi connectivity index (χ0v) is 12.7. The van der Waals surface area contributed by atoms with E-state index >= 15 is 0 Å². The van der Waals surface area contributed by atoms with Crippen LogP contribution in [0.15, 0.2) is 29.6 Å². The van der Waals surface area contributed by atoms with Crippen LogP contribution in [0.1, 0.15) is 23.8 Å². The van der Waals surface area contributed by atoms with E-state index in [0.29, 0.717) is 17.3 Å². The van der Waals surface area contributed by atoms with Crippen molar-refractivity contribution in [3.05, 3.63) is 40.4 Å². The number of halogens is 1. The number of aromatic nitrogens is 1. The predicted octanol–water partition coefficient (Wildman–Crippen LogP) is 2.93. The number of nitrogens with two attached hydrogens (primary N) is 1. The van der Waals surface area contributed by atoms with Crippen LogP contribution in [0.5, 0.6) is 0 Å². The minimum absolute atomic E-state index is 0.0766. The lowest BCUT2D eigenvalue weighted by Gasteiger charge is -2.05. The van der Waals surface area contributed by atoms with Gasteiger partial charge in [0.05, 0.1) is 0 Å². The highest BCUT2D eigenvalue weighted by Crippen LogP contribution is 2.25. The second-order valence-corrected chi connectivity index (χ2v) is 5.86. The summed E-state index contributed by atoms with van der Waals surface area (Å²) in [5, 5.41) is 5.99. The number of thiazole rings is 1. The molecule has 3 N–H and O–H groups in total. The van der Waals surface area contributed by atoms with Gasteiger partial charge in [0.15, 0.2) is 0 Å². The Bertz CT molecular complexity index is 598. The lowest BCUT2D eigenvalue weighted by molar-refractivity contribution is 0.0948. The van der Waals surface area contributed by atoms with Crippen LogP contribution in [0.25, 0.3) is 10.6 Å². The highest BCUT2D eigenvalue weighted by Gasteiger charge is 2.11. The van der Waals surface area contributed by atoms with Crippen LogP contribution in [0, 0.1) is 0 Å². The molecule has 0 aliphatic carbocycles. The Kier molecular flexibility index (Phi) is 5.11. The van der Waals surface area contributed by atoms with Crippen molar-refractivity contribution in [3.63, 3.8) is 0 Å². The Morgan fingerprint density at radius 3 is 3.05 bits per heavy atom. The third-order valence-electron chi connectivity index (χ3n) is 2.69. The molecular weight excluding hydrogens is 294 g/mol. The number of hydrogen-bond acceptors (Lipinski definition) is 4. The normalized spacial score (nSPS) is 12.2. The van der Waals surface area contributed by atoms with E-state index in [9.17, 15) is 4.79 Å². The van der Waals surface area contributed by atoms with E-state index in [2.05, 4.69) is 10.3 Å². The topological polar surface area (TPSA) is 68.0 Å². The number of carbonyl (C=O) groups is 1. The fourth-order valence-electron chi connectivity index (χ4n) is 1.64. The monoisotopic (exact) mass is 309 g/mol. The summed E-state index contributed by atoms with van der Waals surface area (Å²) in [6, 6.07) is 7.50. The molecule has 0 saturated carbocycles. The van der Waals surface area contributed by atoms with Gasteiger partial charge in [0.25, 0.3) is 5.91 Å². The highest BCUT2D eigenvalue weighted by atomic mass is 35.5. The molecule has 1 unspecified atom stereocenters. The molecule has 0 aliphatic heterocycles. The van der Waals surface area contributed by atoms with Crippen LogP contribution in [0.4, 0.5) is 0 Å². The summed E-state index contributed by atoms with van der Waals surface area (Å²) in [7, 11) is 0. The average Bonchev–Trinajstić information content (AvgIpc) is 2.87. The van der Waals surface area contributed by atoms with Gasteiger partial charge in [-0.3, -0.25) is 4.79 Å². The standard InChI is InChI=1S/C14H16ClN3OS/c1-9(16)5-6-17-13(19)12-8-20-14(18-12)10-3-2-4-11(15)7-10/h2-4,7-9H,5-6,16H2,1H3,(H,17,19). The highest BCUT2D eigenvalue weighted by molar-refractivity contribution is 7.13. The quantitative estimate of drug-likeness (QED) is 0.892. The first-order chi connectivity index (χ1) is 9.56. The summed E-state index contributed by atoms with van der Waals surface area (Å²) in [6.45, 7) is 2.47. The predicted molar refractivity (Wildman–Crippen MR) is 83.2 cm³/mol. The molecule has 0 fully saturated rings. The van der Waals surface area contributed by atoms with E-state index < -0.39 is 0 Å². The number of amides is 1. The smallest absolute Gasteiger partial charge is 0.270 e. The maximum absolute atomic E-state index is 11.9. The Labute approximate surface area is 127 Å². The van der Waals surface area contributed by atoms with Crippen molar-refractivity contribution in [1.82, 2.24) is 10.3 Å². The van der Waals surface area contributed by atoms with E-state index in [-0.39, 0.29) is 11.9 Å². The van der Waals surface area contributed by atoms with Crippen LogP contribution in [0.3, 0.4) is 0 Å². The van der Waals surface area contributed by atoms with Gasteiger partial charge in [-0.1, -0.05) is 23.7 Å². The lowest BCUT2D eigenvalue weighted by atomic mass is 10.2. The average molecular weight is 310 g/mol. The van der Waals surface area contributed by atoms with Gasteiger partial charge in [-0.2, -0.15) is 0 Å². The van der Waals surface area contributed by atoms with Crippen LogP contribution < -0.4 is 11.1 Å². The fraction of sp³-hybridized carbons (Fsp3) is 0.286. The zero-order chi connectivity index (χ0) is 14.5. The van der Waals surface area contributed by atoms with Crippen LogP contribution in [-0.4, -0.2) is 23.5 Å². The van der Waals surface area contributed by atoms with E-state index in [4.69, 9.17) is 17.3 Å². The molecule has 1 amide bonds. The third kappa shape index (κ3) is 4.03. The minimum atomic E-state index is -0.171. The largest absolute Gasteiger partial charge is 0.351 e. The molecule has 1 aromatic heterocycles. The van der Waals surface area contributed by atoms with Crippen molar-refractivity contribution in [2.75, 3.05) is 6.54 Å². The van der Waals surface area contributed by atoms with Crippen LogP contribution in [0.2, 0.25) is 5.02 Å². The second kappa shape index (κ2) is 6.83. The van der Waals surface area contributed by atoms with E-state index in [0.717, 1.165) is 17.0 Å². The molecule has 1 atom stereocenters. The zero-order valence-electron chi connectivity index (χ0n) is 11.1. The van der Waals surface area contributed by atoms with E-state index in [1.807, 2.05) is 25.1 Å². The number of nitrogens with zero attached hydrogens (tertiary/aromatic N) is 1. The van der Waals surface area contributed by atoms with Gasteiger partial charge in [-0.15, -0.1) is 11.3 Å². The molecule has 2 aromatic rings. The molecule has 20 heavy (non-hydrogen) atoms. The van der Waals surface area contributed by atoms with E-state index in [1.165, 1.54) is 11.3 Å². The molecule has 0 aliphatic rings. The molecule has 1 aromatic carbocycles. The Balaban J connectivity index is 2.03. The second-order valence-electron chi connectivity index (χ2n) is 4.57. The third-order valence-corrected chi connectivity index (χ3v) is 3.82. The molecule has 6 heteroatoms. The summed E-state index contributed by atoms with van der Waals surface area (Å²) in [4.78, 5) is 16.2. The Hall–Kier alpha value is -1.43.